The predicted octanol–water partition coefficient (Wildman–Crippen LogP) is 1.81. The van der Waals surface area contributed by atoms with Crippen molar-refractivity contribution in [2.75, 3.05) is 32.8 Å². The van der Waals surface area contributed by atoms with E-state index in [1.165, 1.54) is 30.0 Å². The molecule has 1 aromatic carbocycles. The van der Waals surface area contributed by atoms with Crippen molar-refractivity contribution < 1.29 is 36.7 Å². The first-order valence-electron chi connectivity index (χ1n) is 10.6. The number of unbranched alkanes of at least 4 members (excludes halogenated alkanes) is 1. The summed E-state index contributed by atoms with van der Waals surface area (Å²) in [5.41, 5.74) is 1.42. The Hall–Kier alpha value is -2.71. The number of aromatic nitrogens is 1. The molecule has 0 spiro atoms. The smallest absolute Gasteiger partial charge is 0.261 e. The maximum Gasteiger partial charge on any atom is 0.261 e. The molecule has 0 radical (unpaired) electrons. The molecular weight excluding hydrogens is 474 g/mol. The number of sulfonamides is 1. The third-order valence-corrected chi connectivity index (χ3v) is 6.63. The SMILES string of the molecule is O=C(NO)[C@@H](CCCCN1CCOCC1)NS(=O)(=O)c1cc(F)c(Oc2cccnc2)c(F)c1. The minimum absolute atomic E-state index is 0.0609. The first-order chi connectivity index (χ1) is 16.3. The lowest BCUT2D eigenvalue weighted by molar-refractivity contribution is -0.131. The molecule has 1 aliphatic heterocycles. The highest BCUT2D eigenvalue weighted by atomic mass is 32.2. The number of halogens is 2. The summed E-state index contributed by atoms with van der Waals surface area (Å²) in [6.07, 6.45) is 3.91. The Bertz CT molecular complexity index is 1050. The molecular formula is C21H26F2N4O6S. The van der Waals surface area contributed by atoms with Gasteiger partial charge in [-0.15, -0.1) is 0 Å². The quantitative estimate of drug-likeness (QED) is 0.242. The molecule has 34 heavy (non-hydrogen) atoms. The van der Waals surface area contributed by atoms with E-state index in [1.807, 2.05) is 0 Å². The average molecular weight is 501 g/mol. The van der Waals surface area contributed by atoms with Gasteiger partial charge in [0.1, 0.15) is 11.8 Å². The first-order valence-corrected chi connectivity index (χ1v) is 12.1. The van der Waals surface area contributed by atoms with Crippen LogP contribution in [0.15, 0.2) is 41.6 Å². The molecule has 2 aromatic rings. The molecule has 0 aliphatic carbocycles. The lowest BCUT2D eigenvalue weighted by Gasteiger charge is -2.26. The number of nitrogens with one attached hydrogen (secondary N) is 2. The summed E-state index contributed by atoms with van der Waals surface area (Å²) in [5, 5.41) is 9.00. The summed E-state index contributed by atoms with van der Waals surface area (Å²) < 4.78 is 67.0. The van der Waals surface area contributed by atoms with Crippen molar-refractivity contribution in [3.05, 3.63) is 48.3 Å². The highest BCUT2D eigenvalue weighted by molar-refractivity contribution is 7.89. The predicted molar refractivity (Wildman–Crippen MR) is 116 cm³/mol. The van der Waals surface area contributed by atoms with Gasteiger partial charge in [-0.05, 0) is 43.7 Å². The molecule has 1 amide bonds. The van der Waals surface area contributed by atoms with E-state index in [0.29, 0.717) is 38.2 Å². The highest BCUT2D eigenvalue weighted by Crippen LogP contribution is 2.29. The van der Waals surface area contributed by atoms with Crippen molar-refractivity contribution in [3.8, 4) is 11.5 Å². The van der Waals surface area contributed by atoms with Crippen molar-refractivity contribution in [1.82, 2.24) is 20.1 Å². The van der Waals surface area contributed by atoms with Crippen LogP contribution in [-0.4, -0.2) is 68.3 Å². The number of hydrogen-bond donors (Lipinski definition) is 3. The molecule has 13 heteroatoms. The van der Waals surface area contributed by atoms with Gasteiger partial charge in [0.2, 0.25) is 10.0 Å². The minimum Gasteiger partial charge on any atom is -0.450 e. The lowest BCUT2D eigenvalue weighted by Crippen LogP contribution is -2.45. The number of carbonyl (C=O) groups is 1. The first kappa shape index (κ1) is 25.9. The summed E-state index contributed by atoms with van der Waals surface area (Å²) >= 11 is 0. The number of morpholine rings is 1. The molecule has 2 heterocycles. The molecule has 186 valence electrons. The monoisotopic (exact) mass is 500 g/mol. The highest BCUT2D eigenvalue weighted by Gasteiger charge is 2.28. The molecule has 10 nitrogen and oxygen atoms in total. The van der Waals surface area contributed by atoms with Gasteiger partial charge in [0.05, 0.1) is 24.3 Å². The van der Waals surface area contributed by atoms with Gasteiger partial charge in [0.15, 0.2) is 17.4 Å². The van der Waals surface area contributed by atoms with Crippen LogP contribution in [0.25, 0.3) is 0 Å². The van der Waals surface area contributed by atoms with Crippen molar-refractivity contribution in [1.29, 1.82) is 0 Å². The number of benzene rings is 1. The van der Waals surface area contributed by atoms with Crippen LogP contribution in [0.2, 0.25) is 0 Å². The van der Waals surface area contributed by atoms with Crippen molar-refractivity contribution in [3.63, 3.8) is 0 Å². The van der Waals surface area contributed by atoms with Gasteiger partial charge in [0, 0.05) is 19.3 Å². The fourth-order valence-electron chi connectivity index (χ4n) is 3.40. The normalized spacial score (nSPS) is 15.6. The molecule has 1 fully saturated rings. The Labute approximate surface area is 195 Å². The van der Waals surface area contributed by atoms with Crippen LogP contribution in [0.4, 0.5) is 8.78 Å². The number of hydroxylamine groups is 1. The maximum atomic E-state index is 14.5. The average Bonchev–Trinajstić information content (AvgIpc) is 2.84. The van der Waals surface area contributed by atoms with Gasteiger partial charge in [0.25, 0.3) is 5.91 Å². The molecule has 0 bridgehead atoms. The van der Waals surface area contributed by atoms with E-state index in [4.69, 9.17) is 14.7 Å². The van der Waals surface area contributed by atoms with Gasteiger partial charge in [-0.1, -0.05) is 6.42 Å². The number of nitrogens with zero attached hydrogens (tertiary/aromatic N) is 2. The van der Waals surface area contributed by atoms with Gasteiger partial charge < -0.3 is 9.47 Å². The Kier molecular flexibility index (Phi) is 9.24. The summed E-state index contributed by atoms with van der Waals surface area (Å²) in [7, 11) is -4.50. The van der Waals surface area contributed by atoms with Crippen LogP contribution in [0.5, 0.6) is 11.5 Å². The Morgan fingerprint density at radius 2 is 1.94 bits per heavy atom. The third kappa shape index (κ3) is 7.14. The molecule has 0 saturated carbocycles. The van der Waals surface area contributed by atoms with Gasteiger partial charge in [-0.3, -0.25) is 19.9 Å². The molecule has 1 aromatic heterocycles. The molecule has 3 rings (SSSR count). The number of carbonyl (C=O) groups excluding carboxylic acids is 1. The second-order valence-corrected chi connectivity index (χ2v) is 9.32. The fraction of sp³-hybridized carbons (Fsp3) is 0.429. The second-order valence-electron chi connectivity index (χ2n) is 7.61. The second kappa shape index (κ2) is 12.1. The Balaban J connectivity index is 1.66. The molecule has 1 aliphatic rings. The standard InChI is InChI=1S/C21H26F2N4O6S/c22-17-12-16(13-18(23)20(17)33-15-4-3-6-24-14-15)34(30,31)26-19(21(28)25-29)5-1-2-7-27-8-10-32-11-9-27/h3-4,6,12-14,19,26,29H,1-2,5,7-11H2,(H,25,28)/t19-/m1/s1. The summed E-state index contributed by atoms with van der Waals surface area (Å²) in [6, 6.07) is 2.76. The van der Waals surface area contributed by atoms with Crippen LogP contribution < -0.4 is 14.9 Å². The van der Waals surface area contributed by atoms with Crippen LogP contribution >= 0.6 is 0 Å². The molecule has 1 saturated heterocycles. The van der Waals surface area contributed by atoms with E-state index < -0.39 is 44.3 Å². The topological polar surface area (TPSA) is 130 Å². The fourth-order valence-corrected chi connectivity index (χ4v) is 4.65. The van der Waals surface area contributed by atoms with Crippen LogP contribution in [0.1, 0.15) is 19.3 Å². The van der Waals surface area contributed by atoms with Crippen LogP contribution in [0.3, 0.4) is 0 Å². The summed E-state index contributed by atoms with van der Waals surface area (Å²) in [4.78, 5) is 17.2. The van der Waals surface area contributed by atoms with E-state index in [1.54, 1.807) is 0 Å². The summed E-state index contributed by atoms with van der Waals surface area (Å²) in [5.74, 6) is -4.21. The van der Waals surface area contributed by atoms with E-state index in [-0.39, 0.29) is 12.2 Å². The number of ether oxygens (including phenoxy) is 2. The number of hydrogen-bond acceptors (Lipinski definition) is 8. The zero-order valence-electron chi connectivity index (χ0n) is 18.2. The van der Waals surface area contributed by atoms with Crippen molar-refractivity contribution in [2.45, 2.75) is 30.2 Å². The lowest BCUT2D eigenvalue weighted by atomic mass is 10.1. The van der Waals surface area contributed by atoms with Crippen molar-refractivity contribution in [2.24, 2.45) is 0 Å². The molecule has 1 atom stereocenters. The Morgan fingerprint density at radius 3 is 2.56 bits per heavy atom. The van der Waals surface area contributed by atoms with E-state index in [9.17, 15) is 22.0 Å². The number of pyridine rings is 1. The van der Waals surface area contributed by atoms with Crippen LogP contribution in [0, 0.1) is 11.6 Å². The van der Waals surface area contributed by atoms with Gasteiger partial charge in [-0.25, -0.2) is 22.7 Å². The summed E-state index contributed by atoms with van der Waals surface area (Å²) in [6.45, 7) is 3.64. The third-order valence-electron chi connectivity index (χ3n) is 5.18. The largest absolute Gasteiger partial charge is 0.450 e. The van der Waals surface area contributed by atoms with E-state index >= 15 is 0 Å². The van der Waals surface area contributed by atoms with Gasteiger partial charge >= 0.3 is 0 Å². The van der Waals surface area contributed by atoms with E-state index in [2.05, 4.69) is 14.6 Å². The molecule has 0 unspecified atom stereocenters. The zero-order valence-corrected chi connectivity index (χ0v) is 19.1. The number of amides is 1. The Morgan fingerprint density at radius 1 is 1.24 bits per heavy atom. The van der Waals surface area contributed by atoms with Gasteiger partial charge in [-0.2, -0.15) is 4.72 Å². The zero-order chi connectivity index (χ0) is 24.6. The minimum atomic E-state index is -4.50. The number of rotatable bonds is 11. The van der Waals surface area contributed by atoms with Crippen molar-refractivity contribution >= 4 is 15.9 Å². The maximum absolute atomic E-state index is 14.5. The molecule has 3 N–H and O–H groups in total. The van der Waals surface area contributed by atoms with E-state index in [0.717, 1.165) is 19.6 Å². The van der Waals surface area contributed by atoms with Crippen LogP contribution in [-0.2, 0) is 19.6 Å².